The van der Waals surface area contributed by atoms with E-state index in [1.165, 1.54) is 0 Å². The van der Waals surface area contributed by atoms with Gasteiger partial charge in [-0.2, -0.15) is 0 Å². The molecule has 0 aliphatic heterocycles. The summed E-state index contributed by atoms with van der Waals surface area (Å²) in [5.41, 5.74) is 0. The Kier molecular flexibility index (Phi) is 291. The molecule has 0 saturated heterocycles. The van der Waals surface area contributed by atoms with E-state index in [9.17, 15) is 0 Å². The third-order valence-electron chi connectivity index (χ3n) is 0. The molecule has 0 aromatic rings. The van der Waals surface area contributed by atoms with Gasteiger partial charge >= 0.3 is 0 Å². The van der Waals surface area contributed by atoms with Crippen molar-refractivity contribution in [2.75, 3.05) is 0 Å². The number of hydrogen-bond acceptors (Lipinski definition) is 0. The summed E-state index contributed by atoms with van der Waals surface area (Å²) in [7, 11) is 0. The predicted molar refractivity (Wildman–Crippen MR) is 6.41 cm³/mol. The minimum atomic E-state index is 0. The van der Waals surface area contributed by atoms with E-state index in [1.807, 2.05) is 0 Å². The summed E-state index contributed by atoms with van der Waals surface area (Å²) in [6, 6.07) is 0. The molecule has 0 atom stereocenters. The smallest absolute Gasteiger partial charge is 0 e. The van der Waals surface area contributed by atoms with Gasteiger partial charge in [-0.15, -0.1) is 0 Å². The van der Waals surface area contributed by atoms with Crippen LogP contribution in [-0.2, 0) is 50.6 Å². The van der Waals surface area contributed by atoms with Crippen molar-refractivity contribution < 1.29 is 50.6 Å². The molecule has 0 amide bonds. The molecule has 0 saturated carbocycles. The third-order valence-corrected chi connectivity index (χ3v) is 0. The van der Waals surface area contributed by atoms with Crippen molar-refractivity contribution >= 4 is 0 Å². The van der Waals surface area contributed by atoms with Gasteiger partial charge < -0.3 is 7.43 Å². The molecular formula is CH3CuFeNi-. The van der Waals surface area contributed by atoms with Crippen LogP contribution in [0.15, 0.2) is 0 Å². The first-order valence-corrected chi connectivity index (χ1v) is 0. The second-order valence-corrected chi connectivity index (χ2v) is 0. The largest absolute Gasteiger partial charge is 0.358 e. The second-order valence-electron chi connectivity index (χ2n) is 0. The van der Waals surface area contributed by atoms with E-state index in [0.29, 0.717) is 0 Å². The molecule has 0 nitrogen and oxygen atoms in total. The molecule has 0 N–H and O–H groups in total. The molecule has 0 aromatic carbocycles. The molecule has 37 valence electrons. The molecular weight excluding hydrogens is 190 g/mol. The van der Waals surface area contributed by atoms with Crippen molar-refractivity contribution in [3.63, 3.8) is 0 Å². The van der Waals surface area contributed by atoms with Crippen LogP contribution in [-0.4, -0.2) is 0 Å². The van der Waals surface area contributed by atoms with Crippen molar-refractivity contribution in [3.8, 4) is 0 Å². The van der Waals surface area contributed by atoms with Crippen molar-refractivity contribution in [2.45, 2.75) is 0 Å². The average molecular weight is 193 g/mol. The summed E-state index contributed by atoms with van der Waals surface area (Å²) >= 11 is 0. The molecule has 0 unspecified atom stereocenters. The van der Waals surface area contributed by atoms with E-state index < -0.39 is 0 Å². The topological polar surface area (TPSA) is 0 Å². The van der Waals surface area contributed by atoms with Gasteiger partial charge in [0, 0.05) is 50.6 Å². The van der Waals surface area contributed by atoms with E-state index in [4.69, 9.17) is 0 Å². The Bertz CT molecular complexity index is 8.00. The molecule has 0 aliphatic carbocycles. The van der Waals surface area contributed by atoms with Crippen LogP contribution in [0.25, 0.3) is 0 Å². The SMILES string of the molecule is [CH3-].[Cu].[Fe].[Ni]. The number of hydrogen-bond donors (Lipinski definition) is 0. The molecule has 0 aliphatic rings. The van der Waals surface area contributed by atoms with E-state index >= 15 is 0 Å². The molecule has 0 heterocycles. The molecule has 3 heteroatoms. The summed E-state index contributed by atoms with van der Waals surface area (Å²) in [5.74, 6) is 0. The normalized spacial score (nSPS) is 0. The average Bonchev–Trinajstić information content (AvgIpc) is 0. The number of rotatable bonds is 0. The van der Waals surface area contributed by atoms with Crippen molar-refractivity contribution in [3.05, 3.63) is 7.43 Å². The second kappa shape index (κ2) is 24.1. The van der Waals surface area contributed by atoms with Crippen LogP contribution in [0.5, 0.6) is 0 Å². The quantitative estimate of drug-likeness (QED) is 0.387. The fraction of sp³-hybridized carbons (Fsp3) is 0. The monoisotopic (exact) mass is 192 g/mol. The van der Waals surface area contributed by atoms with Crippen LogP contribution in [0.1, 0.15) is 0 Å². The Morgan fingerprint density at radius 1 is 1.00 bits per heavy atom. The minimum Gasteiger partial charge on any atom is -0.358 e. The van der Waals surface area contributed by atoms with Gasteiger partial charge in [-0.3, -0.25) is 0 Å². The van der Waals surface area contributed by atoms with Crippen molar-refractivity contribution in [2.24, 2.45) is 0 Å². The zero-order chi connectivity index (χ0) is 0. The van der Waals surface area contributed by atoms with Crippen LogP contribution in [0.4, 0.5) is 0 Å². The zero-order valence-electron chi connectivity index (χ0n) is 1.97. The van der Waals surface area contributed by atoms with Gasteiger partial charge in [0.1, 0.15) is 0 Å². The molecule has 0 bridgehead atoms. The summed E-state index contributed by atoms with van der Waals surface area (Å²) in [6.45, 7) is 0. The Morgan fingerprint density at radius 2 is 1.00 bits per heavy atom. The van der Waals surface area contributed by atoms with Gasteiger partial charge in [0.25, 0.3) is 0 Å². The van der Waals surface area contributed by atoms with Crippen LogP contribution < -0.4 is 0 Å². The predicted octanol–water partition coefficient (Wildman–Crippen LogP) is 0.443. The standard InChI is InChI=1S/CH3.Cu.Fe.Ni/h1H3;;;/q-1;;;. The molecule has 0 fully saturated rings. The van der Waals surface area contributed by atoms with Gasteiger partial charge in [-0.1, -0.05) is 0 Å². The van der Waals surface area contributed by atoms with Gasteiger partial charge in [0.05, 0.1) is 0 Å². The van der Waals surface area contributed by atoms with Gasteiger partial charge in [-0.05, 0) is 0 Å². The molecule has 0 aromatic heterocycles. The first-order chi connectivity index (χ1) is 0. The van der Waals surface area contributed by atoms with Gasteiger partial charge in [-0.25, -0.2) is 0 Å². The summed E-state index contributed by atoms with van der Waals surface area (Å²) in [5, 5.41) is 0. The fourth-order valence-corrected chi connectivity index (χ4v) is 0. The van der Waals surface area contributed by atoms with E-state index in [-0.39, 0.29) is 58.1 Å². The molecule has 4 heavy (non-hydrogen) atoms. The zero-order valence-corrected chi connectivity index (χ0v) is 5.00. The maximum absolute atomic E-state index is 0. The maximum Gasteiger partial charge on any atom is 0 e. The summed E-state index contributed by atoms with van der Waals surface area (Å²) in [6.07, 6.45) is 0. The van der Waals surface area contributed by atoms with Crippen LogP contribution in [0.3, 0.4) is 0 Å². The first-order valence-electron chi connectivity index (χ1n) is 0. The van der Waals surface area contributed by atoms with Crippen molar-refractivity contribution in [1.82, 2.24) is 0 Å². The van der Waals surface area contributed by atoms with E-state index in [1.54, 1.807) is 0 Å². The van der Waals surface area contributed by atoms with Gasteiger partial charge in [0.15, 0.2) is 0 Å². The van der Waals surface area contributed by atoms with E-state index in [2.05, 4.69) is 0 Å². The van der Waals surface area contributed by atoms with Crippen LogP contribution >= 0.6 is 0 Å². The van der Waals surface area contributed by atoms with Crippen LogP contribution in [0.2, 0.25) is 0 Å². The third kappa shape index (κ3) is 9.65. The van der Waals surface area contributed by atoms with E-state index in [0.717, 1.165) is 0 Å². The molecule has 1 radical (unpaired) electrons. The Hall–Kier alpha value is 1.53. The summed E-state index contributed by atoms with van der Waals surface area (Å²) in [4.78, 5) is 0. The Balaban J connectivity index is 0. The van der Waals surface area contributed by atoms with Crippen LogP contribution in [0, 0.1) is 7.43 Å². The Morgan fingerprint density at radius 3 is 1.00 bits per heavy atom. The Labute approximate surface area is 58.0 Å². The minimum absolute atomic E-state index is 0. The fourth-order valence-electron chi connectivity index (χ4n) is 0. The maximum atomic E-state index is 0. The first kappa shape index (κ1) is 48.4. The van der Waals surface area contributed by atoms with Gasteiger partial charge in [0.2, 0.25) is 0 Å². The van der Waals surface area contributed by atoms with Crippen molar-refractivity contribution in [1.29, 1.82) is 0 Å². The molecule has 0 spiro atoms. The molecule has 0 rings (SSSR count). The summed E-state index contributed by atoms with van der Waals surface area (Å²) < 4.78 is 0.